The molecular weight excluding hydrogens is 218 g/mol. The minimum Gasteiger partial charge on any atom is -0.481 e. The number of rotatable bonds is 5. The van der Waals surface area contributed by atoms with Crippen molar-refractivity contribution in [2.75, 3.05) is 0 Å². The number of hydrogen-bond donors (Lipinski definition) is 2. The molecule has 4 nitrogen and oxygen atoms in total. The maximum Gasteiger partial charge on any atom is 0.305 e. The number of hydrogen-bond acceptors (Lipinski definition) is 2. The fourth-order valence-corrected chi connectivity index (χ4v) is 2.35. The lowest BCUT2D eigenvalue weighted by Gasteiger charge is -2.22. The molecule has 0 bridgehead atoms. The van der Waals surface area contributed by atoms with Crippen molar-refractivity contribution in [3.63, 3.8) is 0 Å². The summed E-state index contributed by atoms with van der Waals surface area (Å²) in [5.41, 5.74) is 0. The van der Waals surface area contributed by atoms with Gasteiger partial charge in [-0.05, 0) is 38.0 Å². The second-order valence-electron chi connectivity index (χ2n) is 5.03. The van der Waals surface area contributed by atoms with Crippen molar-refractivity contribution in [2.24, 2.45) is 11.8 Å². The van der Waals surface area contributed by atoms with E-state index in [2.05, 4.69) is 11.4 Å². The fourth-order valence-electron chi connectivity index (χ4n) is 2.35. The summed E-state index contributed by atoms with van der Waals surface area (Å²) in [6.07, 6.45) is 8.90. The van der Waals surface area contributed by atoms with E-state index in [9.17, 15) is 9.59 Å². The van der Waals surface area contributed by atoms with Crippen LogP contribution in [0.5, 0.6) is 0 Å². The van der Waals surface area contributed by atoms with E-state index in [0.29, 0.717) is 5.92 Å². The monoisotopic (exact) mass is 237 g/mol. The number of allylic oxidation sites excluding steroid dienone is 2. The van der Waals surface area contributed by atoms with Gasteiger partial charge in [-0.25, -0.2) is 0 Å². The van der Waals surface area contributed by atoms with Crippen LogP contribution < -0.4 is 5.32 Å². The van der Waals surface area contributed by atoms with E-state index in [1.165, 1.54) is 0 Å². The van der Waals surface area contributed by atoms with Crippen LogP contribution in [0.4, 0.5) is 0 Å². The van der Waals surface area contributed by atoms with Crippen LogP contribution in [0.2, 0.25) is 0 Å². The topological polar surface area (TPSA) is 66.4 Å². The number of carbonyl (C=O) groups is 2. The highest BCUT2D eigenvalue weighted by Crippen LogP contribution is 2.34. The van der Waals surface area contributed by atoms with E-state index >= 15 is 0 Å². The largest absolute Gasteiger partial charge is 0.481 e. The molecule has 1 fully saturated rings. The normalized spacial score (nSPS) is 25.3. The predicted octanol–water partition coefficient (Wildman–Crippen LogP) is 1.71. The molecule has 0 aromatic rings. The molecule has 0 saturated heterocycles. The predicted molar refractivity (Wildman–Crippen MR) is 63.4 cm³/mol. The van der Waals surface area contributed by atoms with Crippen molar-refractivity contribution in [2.45, 2.75) is 44.6 Å². The van der Waals surface area contributed by atoms with Crippen molar-refractivity contribution >= 4 is 11.9 Å². The van der Waals surface area contributed by atoms with Crippen LogP contribution in [0, 0.1) is 11.8 Å². The van der Waals surface area contributed by atoms with Gasteiger partial charge in [0.2, 0.25) is 5.91 Å². The molecule has 94 valence electrons. The quantitative estimate of drug-likeness (QED) is 0.715. The summed E-state index contributed by atoms with van der Waals surface area (Å²) in [6.45, 7) is 0. The highest BCUT2D eigenvalue weighted by molar-refractivity contribution is 5.80. The number of carbonyl (C=O) groups excluding carboxylic acids is 1. The van der Waals surface area contributed by atoms with Gasteiger partial charge in [-0.1, -0.05) is 12.2 Å². The molecule has 4 heteroatoms. The molecule has 2 rings (SSSR count). The molecular formula is C13H19NO3. The Kier molecular flexibility index (Phi) is 3.82. The van der Waals surface area contributed by atoms with Crippen LogP contribution in [-0.4, -0.2) is 23.0 Å². The Balaban J connectivity index is 1.86. The van der Waals surface area contributed by atoms with E-state index in [1.807, 2.05) is 6.08 Å². The second-order valence-corrected chi connectivity index (χ2v) is 5.03. The van der Waals surface area contributed by atoms with Gasteiger partial charge in [-0.15, -0.1) is 0 Å². The smallest absolute Gasteiger partial charge is 0.305 e. The Labute approximate surface area is 101 Å². The zero-order valence-electron chi connectivity index (χ0n) is 9.89. The van der Waals surface area contributed by atoms with Crippen LogP contribution in [0.3, 0.4) is 0 Å². The third-order valence-corrected chi connectivity index (χ3v) is 3.55. The fraction of sp³-hybridized carbons (Fsp3) is 0.692. The van der Waals surface area contributed by atoms with Crippen molar-refractivity contribution in [3.05, 3.63) is 12.2 Å². The van der Waals surface area contributed by atoms with Crippen LogP contribution in [0.1, 0.15) is 38.5 Å². The number of amides is 1. The summed E-state index contributed by atoms with van der Waals surface area (Å²) in [7, 11) is 0. The molecule has 0 spiro atoms. The van der Waals surface area contributed by atoms with Gasteiger partial charge in [-0.3, -0.25) is 9.59 Å². The van der Waals surface area contributed by atoms with E-state index in [-0.39, 0.29) is 24.3 Å². The van der Waals surface area contributed by atoms with Gasteiger partial charge in [0.15, 0.2) is 0 Å². The molecule has 2 atom stereocenters. The highest BCUT2D eigenvalue weighted by atomic mass is 16.4. The zero-order chi connectivity index (χ0) is 12.3. The molecule has 2 N–H and O–H groups in total. The maximum absolute atomic E-state index is 12.0. The summed E-state index contributed by atoms with van der Waals surface area (Å²) in [6, 6.07) is -0.161. The van der Waals surface area contributed by atoms with Crippen molar-refractivity contribution in [3.8, 4) is 0 Å². The first-order valence-electron chi connectivity index (χ1n) is 6.34. The molecule has 2 aliphatic rings. The Morgan fingerprint density at radius 2 is 2.06 bits per heavy atom. The molecule has 1 amide bonds. The summed E-state index contributed by atoms with van der Waals surface area (Å²) < 4.78 is 0. The zero-order valence-corrected chi connectivity index (χ0v) is 9.89. The lowest BCUT2D eigenvalue weighted by atomic mass is 9.93. The lowest BCUT2D eigenvalue weighted by Crippen LogP contribution is -2.41. The average molecular weight is 237 g/mol. The summed E-state index contributed by atoms with van der Waals surface area (Å²) in [5, 5.41) is 11.7. The Bertz CT molecular complexity index is 334. The number of carboxylic acid groups (broad SMARTS) is 1. The van der Waals surface area contributed by atoms with Crippen molar-refractivity contribution in [1.29, 1.82) is 0 Å². The Morgan fingerprint density at radius 1 is 1.29 bits per heavy atom. The van der Waals surface area contributed by atoms with Gasteiger partial charge in [0.1, 0.15) is 0 Å². The van der Waals surface area contributed by atoms with Crippen LogP contribution >= 0.6 is 0 Å². The molecule has 0 radical (unpaired) electrons. The lowest BCUT2D eigenvalue weighted by molar-refractivity contribution is -0.138. The first-order chi connectivity index (χ1) is 8.16. The molecule has 2 aliphatic carbocycles. The number of carboxylic acids is 1. The highest BCUT2D eigenvalue weighted by Gasteiger charge is 2.34. The van der Waals surface area contributed by atoms with Gasteiger partial charge in [0.25, 0.3) is 0 Å². The SMILES string of the molecule is O=C(O)CC(NC(=O)C1CC=CCC1)C1CC1. The molecule has 0 aromatic heterocycles. The van der Waals surface area contributed by atoms with Crippen LogP contribution in [-0.2, 0) is 9.59 Å². The van der Waals surface area contributed by atoms with Gasteiger partial charge in [-0.2, -0.15) is 0 Å². The molecule has 0 heterocycles. The summed E-state index contributed by atoms with van der Waals surface area (Å²) in [4.78, 5) is 22.7. The van der Waals surface area contributed by atoms with Gasteiger partial charge < -0.3 is 10.4 Å². The van der Waals surface area contributed by atoms with E-state index < -0.39 is 5.97 Å². The minimum atomic E-state index is -0.828. The van der Waals surface area contributed by atoms with E-state index in [4.69, 9.17) is 5.11 Å². The third-order valence-electron chi connectivity index (χ3n) is 3.55. The minimum absolute atomic E-state index is 0.0347. The standard InChI is InChI=1S/C13H19NO3/c15-12(16)8-11(9-6-7-9)14-13(17)10-4-2-1-3-5-10/h1-2,9-11H,3-8H2,(H,14,17)(H,15,16). The van der Waals surface area contributed by atoms with Crippen molar-refractivity contribution in [1.82, 2.24) is 5.32 Å². The first kappa shape index (κ1) is 12.1. The number of nitrogens with one attached hydrogen (secondary N) is 1. The first-order valence-corrected chi connectivity index (χ1v) is 6.34. The van der Waals surface area contributed by atoms with E-state index in [1.54, 1.807) is 0 Å². The molecule has 0 aliphatic heterocycles. The van der Waals surface area contributed by atoms with Gasteiger partial charge in [0, 0.05) is 12.0 Å². The molecule has 0 aromatic carbocycles. The van der Waals surface area contributed by atoms with Gasteiger partial charge in [0.05, 0.1) is 6.42 Å². The molecule has 2 unspecified atom stereocenters. The van der Waals surface area contributed by atoms with E-state index in [0.717, 1.165) is 32.1 Å². The Morgan fingerprint density at radius 3 is 2.59 bits per heavy atom. The summed E-state index contributed by atoms with van der Waals surface area (Å²) >= 11 is 0. The number of aliphatic carboxylic acids is 1. The third kappa shape index (κ3) is 3.58. The molecule has 1 saturated carbocycles. The average Bonchev–Trinajstić information content (AvgIpc) is 3.12. The van der Waals surface area contributed by atoms with Crippen LogP contribution in [0.25, 0.3) is 0 Å². The summed E-state index contributed by atoms with van der Waals surface area (Å²) in [5.74, 6) is -0.373. The van der Waals surface area contributed by atoms with Crippen LogP contribution in [0.15, 0.2) is 12.2 Å². The van der Waals surface area contributed by atoms with Crippen molar-refractivity contribution < 1.29 is 14.7 Å². The molecule has 17 heavy (non-hydrogen) atoms. The Hall–Kier alpha value is -1.32. The second kappa shape index (κ2) is 5.34. The maximum atomic E-state index is 12.0. The van der Waals surface area contributed by atoms with Gasteiger partial charge >= 0.3 is 5.97 Å².